The molecule has 0 spiro atoms. The van der Waals surface area contributed by atoms with Gasteiger partial charge in [0.05, 0.1) is 10.5 Å². The van der Waals surface area contributed by atoms with Gasteiger partial charge in [-0.1, -0.05) is 41.9 Å². The minimum atomic E-state index is -0.508. The molecule has 5 nitrogen and oxygen atoms in total. The molecule has 0 saturated carbocycles. The number of nitrogens with two attached hydrogens (primary N) is 2. The zero-order valence-corrected chi connectivity index (χ0v) is 12.8. The minimum Gasteiger partial charge on any atom is -0.370 e. The lowest BCUT2D eigenvalue weighted by atomic mass is 9.99. The van der Waals surface area contributed by atoms with Crippen molar-refractivity contribution in [2.75, 3.05) is 0 Å². The molecule has 23 heavy (non-hydrogen) atoms. The van der Waals surface area contributed by atoms with E-state index in [1.165, 1.54) is 0 Å². The number of nitrogens with zero attached hydrogens (tertiary/aromatic N) is 2. The van der Waals surface area contributed by atoms with Gasteiger partial charge in [-0.2, -0.15) is 4.99 Å². The van der Waals surface area contributed by atoms with Gasteiger partial charge >= 0.3 is 0 Å². The van der Waals surface area contributed by atoms with Crippen LogP contribution in [0.5, 0.6) is 0 Å². The van der Waals surface area contributed by atoms with Crippen LogP contribution in [0.4, 0.5) is 0 Å². The maximum absolute atomic E-state index is 12.0. The maximum atomic E-state index is 12.0. The van der Waals surface area contributed by atoms with Gasteiger partial charge in [0, 0.05) is 22.7 Å². The van der Waals surface area contributed by atoms with Crippen LogP contribution < -0.4 is 11.5 Å². The van der Waals surface area contributed by atoms with Crippen molar-refractivity contribution >= 4 is 34.4 Å². The normalized spacial score (nSPS) is 10.5. The van der Waals surface area contributed by atoms with Crippen LogP contribution in [0.3, 0.4) is 0 Å². The van der Waals surface area contributed by atoms with E-state index in [1.54, 1.807) is 24.4 Å². The SMILES string of the molecule is NC(N)=NC(=O)c1ccc2ncc(Cl)c(-c3ccccc3)c2c1. The monoisotopic (exact) mass is 324 g/mol. The molecule has 1 amide bonds. The fourth-order valence-corrected chi connectivity index (χ4v) is 2.64. The molecule has 0 unspecified atom stereocenters. The van der Waals surface area contributed by atoms with Gasteiger partial charge in [-0.15, -0.1) is 0 Å². The number of benzene rings is 2. The van der Waals surface area contributed by atoms with Crippen LogP contribution >= 0.6 is 11.6 Å². The van der Waals surface area contributed by atoms with Gasteiger partial charge in [0.2, 0.25) is 0 Å². The van der Waals surface area contributed by atoms with Crippen molar-refractivity contribution in [3.63, 3.8) is 0 Å². The smallest absolute Gasteiger partial charge is 0.280 e. The molecule has 4 N–H and O–H groups in total. The van der Waals surface area contributed by atoms with Gasteiger partial charge in [0.25, 0.3) is 5.91 Å². The molecule has 0 aliphatic carbocycles. The number of guanidine groups is 1. The van der Waals surface area contributed by atoms with Crippen molar-refractivity contribution in [2.45, 2.75) is 0 Å². The molecule has 0 atom stereocenters. The lowest BCUT2D eigenvalue weighted by molar-refractivity contribution is 0.100. The number of amides is 1. The predicted octanol–water partition coefficient (Wildman–Crippen LogP) is 2.97. The molecule has 0 bridgehead atoms. The summed E-state index contributed by atoms with van der Waals surface area (Å²) in [6.45, 7) is 0. The number of aliphatic imine (C=N–C) groups is 1. The molecular formula is C17H13ClN4O. The summed E-state index contributed by atoms with van der Waals surface area (Å²) < 4.78 is 0. The van der Waals surface area contributed by atoms with Crippen molar-refractivity contribution in [1.29, 1.82) is 0 Å². The van der Waals surface area contributed by atoms with E-state index in [0.717, 1.165) is 22.0 Å². The number of hydrogen-bond donors (Lipinski definition) is 2. The third kappa shape index (κ3) is 3.00. The van der Waals surface area contributed by atoms with Crippen LogP contribution in [0.2, 0.25) is 5.02 Å². The van der Waals surface area contributed by atoms with Crippen LogP contribution in [-0.4, -0.2) is 16.9 Å². The Hall–Kier alpha value is -2.92. The Morgan fingerprint density at radius 3 is 2.52 bits per heavy atom. The van der Waals surface area contributed by atoms with E-state index < -0.39 is 5.91 Å². The Bertz CT molecular complexity index is 919. The molecule has 1 heterocycles. The third-order valence-electron chi connectivity index (χ3n) is 3.36. The van der Waals surface area contributed by atoms with Crippen LogP contribution in [0.15, 0.2) is 59.7 Å². The number of aromatic nitrogens is 1. The minimum absolute atomic E-state index is 0.275. The first-order valence-electron chi connectivity index (χ1n) is 6.84. The molecule has 3 aromatic rings. The third-order valence-corrected chi connectivity index (χ3v) is 3.65. The van der Waals surface area contributed by atoms with Crippen molar-refractivity contribution in [3.05, 3.63) is 65.3 Å². The largest absolute Gasteiger partial charge is 0.370 e. The van der Waals surface area contributed by atoms with Gasteiger partial charge in [-0.25, -0.2) is 0 Å². The summed E-state index contributed by atoms with van der Waals surface area (Å²) in [7, 11) is 0. The first kappa shape index (κ1) is 15.0. The number of carbonyl (C=O) groups is 1. The quantitative estimate of drug-likeness (QED) is 0.559. The van der Waals surface area contributed by atoms with Crippen LogP contribution in [0.1, 0.15) is 10.4 Å². The molecule has 3 rings (SSSR count). The van der Waals surface area contributed by atoms with E-state index in [9.17, 15) is 4.79 Å². The molecule has 0 fully saturated rings. The lowest BCUT2D eigenvalue weighted by Gasteiger charge is -2.09. The van der Waals surface area contributed by atoms with Gasteiger partial charge in [0.15, 0.2) is 5.96 Å². The molecule has 1 aromatic heterocycles. The fraction of sp³-hybridized carbons (Fsp3) is 0. The van der Waals surface area contributed by atoms with Gasteiger partial charge in [-0.05, 0) is 23.8 Å². The van der Waals surface area contributed by atoms with E-state index in [4.69, 9.17) is 23.1 Å². The number of carbonyl (C=O) groups excluding carboxylic acids is 1. The van der Waals surface area contributed by atoms with Crippen LogP contribution in [0.25, 0.3) is 22.0 Å². The Morgan fingerprint density at radius 2 is 1.83 bits per heavy atom. The second-order valence-corrected chi connectivity index (χ2v) is 5.33. The highest BCUT2D eigenvalue weighted by Gasteiger charge is 2.13. The van der Waals surface area contributed by atoms with Gasteiger partial charge < -0.3 is 11.5 Å². The van der Waals surface area contributed by atoms with Gasteiger partial charge in [0.1, 0.15) is 0 Å². The van der Waals surface area contributed by atoms with Crippen LogP contribution in [0, 0.1) is 0 Å². The van der Waals surface area contributed by atoms with Crippen molar-refractivity contribution in [1.82, 2.24) is 4.98 Å². The molecule has 0 radical (unpaired) electrons. The highest BCUT2D eigenvalue weighted by Crippen LogP contribution is 2.34. The molecular weight excluding hydrogens is 312 g/mol. The zero-order chi connectivity index (χ0) is 16.4. The standard InChI is InChI=1S/C17H13ClN4O/c18-13-9-21-14-7-6-11(16(23)22-17(19)20)8-12(14)15(13)10-4-2-1-3-5-10/h1-9H,(H4,19,20,22,23). The second-order valence-electron chi connectivity index (χ2n) is 4.92. The van der Waals surface area contributed by atoms with Crippen molar-refractivity contribution < 1.29 is 4.79 Å². The molecule has 6 heteroatoms. The topological polar surface area (TPSA) is 94.4 Å². The summed E-state index contributed by atoms with van der Waals surface area (Å²) in [4.78, 5) is 19.9. The Labute approximate surface area is 137 Å². The number of rotatable bonds is 2. The van der Waals surface area contributed by atoms with E-state index in [0.29, 0.717) is 10.6 Å². The summed E-state index contributed by atoms with van der Waals surface area (Å²) in [6, 6.07) is 14.7. The van der Waals surface area contributed by atoms with E-state index in [-0.39, 0.29) is 5.96 Å². The second kappa shape index (κ2) is 6.06. The lowest BCUT2D eigenvalue weighted by Crippen LogP contribution is -2.24. The average Bonchev–Trinajstić information content (AvgIpc) is 2.54. The average molecular weight is 325 g/mol. The number of pyridine rings is 1. The van der Waals surface area contributed by atoms with Crippen molar-refractivity contribution in [3.8, 4) is 11.1 Å². The molecule has 114 valence electrons. The van der Waals surface area contributed by atoms with E-state index >= 15 is 0 Å². The zero-order valence-electron chi connectivity index (χ0n) is 12.0. The molecule has 0 aliphatic rings. The molecule has 2 aromatic carbocycles. The van der Waals surface area contributed by atoms with Crippen molar-refractivity contribution in [2.24, 2.45) is 16.5 Å². The van der Waals surface area contributed by atoms with E-state index in [1.807, 2.05) is 30.3 Å². The first-order chi connectivity index (χ1) is 11.1. The molecule has 0 saturated heterocycles. The Morgan fingerprint density at radius 1 is 1.09 bits per heavy atom. The number of halogens is 1. The Kier molecular flexibility index (Phi) is 3.95. The Balaban J connectivity index is 2.25. The number of fused-ring (bicyclic) bond motifs is 1. The molecule has 0 aliphatic heterocycles. The summed E-state index contributed by atoms with van der Waals surface area (Å²) in [5.41, 5.74) is 13.4. The van der Waals surface area contributed by atoms with Gasteiger partial charge in [-0.3, -0.25) is 9.78 Å². The van der Waals surface area contributed by atoms with E-state index in [2.05, 4.69) is 9.98 Å². The summed E-state index contributed by atoms with van der Waals surface area (Å²) in [5.74, 6) is -0.784. The summed E-state index contributed by atoms with van der Waals surface area (Å²) in [5, 5.41) is 1.27. The van der Waals surface area contributed by atoms with Crippen LogP contribution in [-0.2, 0) is 0 Å². The summed E-state index contributed by atoms with van der Waals surface area (Å²) in [6.07, 6.45) is 1.60. The fourth-order valence-electron chi connectivity index (χ4n) is 2.38. The maximum Gasteiger partial charge on any atom is 0.280 e. The first-order valence-corrected chi connectivity index (χ1v) is 7.21. The number of hydrogen-bond acceptors (Lipinski definition) is 2. The highest BCUT2D eigenvalue weighted by atomic mass is 35.5. The summed E-state index contributed by atoms with van der Waals surface area (Å²) >= 11 is 6.34. The predicted molar refractivity (Wildman–Crippen MR) is 92.3 cm³/mol. The highest BCUT2D eigenvalue weighted by molar-refractivity contribution is 6.34.